The number of likely N-dealkylation sites (N-methyl/N-ethyl adjacent to an activating group) is 1. The van der Waals surface area contributed by atoms with Gasteiger partial charge in [-0.05, 0) is 37.6 Å². The van der Waals surface area contributed by atoms with Crippen LogP contribution in [0.25, 0.3) is 0 Å². The molecule has 0 aliphatic rings. The monoisotopic (exact) mass is 511 g/mol. The lowest BCUT2D eigenvalue weighted by molar-refractivity contribution is -0.116. The molecule has 1 aromatic heterocycles. The van der Waals surface area contributed by atoms with E-state index in [1.54, 1.807) is 12.3 Å². The number of hydrogen-bond acceptors (Lipinski definition) is 4. The number of amides is 1. The van der Waals surface area contributed by atoms with Crippen LogP contribution in [-0.2, 0) is 4.79 Å². The van der Waals surface area contributed by atoms with E-state index in [2.05, 4.69) is 20.6 Å². The van der Waals surface area contributed by atoms with Gasteiger partial charge in [-0.3, -0.25) is 9.79 Å². The minimum atomic E-state index is -0.106. The second-order valence-electron chi connectivity index (χ2n) is 6.34. The third-order valence-electron chi connectivity index (χ3n) is 3.91. The van der Waals surface area contributed by atoms with E-state index in [1.807, 2.05) is 62.2 Å². The van der Waals surface area contributed by atoms with Gasteiger partial charge in [0.05, 0.1) is 13.1 Å². The molecule has 158 valence electrons. The van der Waals surface area contributed by atoms with Crippen molar-refractivity contribution in [2.75, 3.05) is 38.6 Å². The van der Waals surface area contributed by atoms with Gasteiger partial charge in [0.25, 0.3) is 0 Å². The van der Waals surface area contributed by atoms with Gasteiger partial charge in [-0.25, -0.2) is 4.98 Å². The van der Waals surface area contributed by atoms with Crippen molar-refractivity contribution in [3.8, 4) is 5.75 Å². The largest absolute Gasteiger partial charge is 0.492 e. The Morgan fingerprint density at radius 3 is 2.62 bits per heavy atom. The lowest BCUT2D eigenvalue weighted by Gasteiger charge is -2.22. The fourth-order valence-corrected chi connectivity index (χ4v) is 2.40. The maximum atomic E-state index is 12.1. The Bertz CT molecular complexity index is 753. The molecule has 0 fully saturated rings. The zero-order chi connectivity index (χ0) is 20.2. The number of pyridine rings is 1. The van der Waals surface area contributed by atoms with Crippen molar-refractivity contribution in [2.24, 2.45) is 4.99 Å². The summed E-state index contributed by atoms with van der Waals surface area (Å²) < 4.78 is 5.73. The van der Waals surface area contributed by atoms with E-state index in [-0.39, 0.29) is 29.9 Å². The highest BCUT2D eigenvalue weighted by Gasteiger charge is 2.07. The molecule has 0 saturated carbocycles. The van der Waals surface area contributed by atoms with Gasteiger partial charge in [-0.15, -0.1) is 24.0 Å². The van der Waals surface area contributed by atoms with Crippen LogP contribution < -0.4 is 15.4 Å². The molecule has 2 N–H and O–H groups in total. The molecule has 0 saturated heterocycles. The number of rotatable bonds is 9. The van der Waals surface area contributed by atoms with Gasteiger partial charge in [-0.2, -0.15) is 0 Å². The van der Waals surface area contributed by atoms with Crippen LogP contribution >= 0.6 is 24.0 Å². The zero-order valence-electron chi connectivity index (χ0n) is 17.2. The van der Waals surface area contributed by atoms with Gasteiger partial charge in [0.1, 0.15) is 18.2 Å². The molecule has 0 atom stereocenters. The van der Waals surface area contributed by atoms with Gasteiger partial charge in [-0.1, -0.05) is 24.3 Å². The van der Waals surface area contributed by atoms with Crippen LogP contribution in [-0.4, -0.2) is 55.0 Å². The van der Waals surface area contributed by atoms with Crippen LogP contribution in [0.1, 0.15) is 18.9 Å². The smallest absolute Gasteiger partial charge is 0.227 e. The number of aryl methyl sites for hydroxylation is 1. The summed E-state index contributed by atoms with van der Waals surface area (Å²) in [6, 6.07) is 13.4. The van der Waals surface area contributed by atoms with Crippen molar-refractivity contribution in [3.05, 3.63) is 54.2 Å². The highest BCUT2D eigenvalue weighted by molar-refractivity contribution is 14.0. The molecule has 0 radical (unpaired) electrons. The number of aromatic nitrogens is 1. The van der Waals surface area contributed by atoms with E-state index in [0.717, 1.165) is 23.8 Å². The summed E-state index contributed by atoms with van der Waals surface area (Å²) >= 11 is 0. The number of carbonyl (C=O) groups excluding carboxylic acids is 1. The average Bonchev–Trinajstić information content (AvgIpc) is 2.70. The number of anilines is 1. The molecule has 2 aromatic rings. The lowest BCUT2D eigenvalue weighted by Crippen LogP contribution is -2.41. The summed E-state index contributed by atoms with van der Waals surface area (Å²) in [5, 5.41) is 6.02. The van der Waals surface area contributed by atoms with E-state index in [1.165, 1.54) is 0 Å². The summed E-state index contributed by atoms with van der Waals surface area (Å²) in [6.45, 7) is 6.34. The van der Waals surface area contributed by atoms with Crippen molar-refractivity contribution in [1.29, 1.82) is 0 Å². The number of para-hydroxylation sites is 1. The minimum Gasteiger partial charge on any atom is -0.492 e. The molecular weight excluding hydrogens is 481 g/mol. The minimum absolute atomic E-state index is 0. The van der Waals surface area contributed by atoms with E-state index >= 15 is 0 Å². The van der Waals surface area contributed by atoms with Crippen molar-refractivity contribution in [3.63, 3.8) is 0 Å². The van der Waals surface area contributed by atoms with E-state index in [0.29, 0.717) is 31.9 Å². The molecule has 1 amide bonds. The average molecular weight is 511 g/mol. The Hall–Kier alpha value is -2.36. The van der Waals surface area contributed by atoms with Crippen molar-refractivity contribution in [1.82, 2.24) is 15.2 Å². The highest BCUT2D eigenvalue weighted by atomic mass is 127. The molecule has 1 heterocycles. The number of nitrogens with one attached hydrogen (secondary N) is 2. The number of carbonyl (C=O) groups is 1. The number of hydrogen-bond donors (Lipinski definition) is 2. The van der Waals surface area contributed by atoms with Gasteiger partial charge in [0.15, 0.2) is 5.96 Å². The van der Waals surface area contributed by atoms with E-state index in [9.17, 15) is 4.79 Å². The molecule has 0 aliphatic carbocycles. The predicted molar refractivity (Wildman–Crippen MR) is 128 cm³/mol. The Balaban J connectivity index is 0.00000420. The molecule has 0 aliphatic heterocycles. The van der Waals surface area contributed by atoms with Gasteiger partial charge in [0.2, 0.25) is 5.91 Å². The molecule has 1 aromatic carbocycles. The van der Waals surface area contributed by atoms with Crippen LogP contribution in [0.15, 0.2) is 53.7 Å². The maximum Gasteiger partial charge on any atom is 0.227 e. The first kappa shape index (κ1) is 24.7. The van der Waals surface area contributed by atoms with Gasteiger partial charge >= 0.3 is 0 Å². The van der Waals surface area contributed by atoms with Crippen molar-refractivity contribution >= 4 is 41.7 Å². The fourth-order valence-electron chi connectivity index (χ4n) is 2.40. The molecular formula is C21H30IN5O2. The molecule has 7 nitrogen and oxygen atoms in total. The summed E-state index contributed by atoms with van der Waals surface area (Å²) in [4.78, 5) is 22.8. The second kappa shape index (κ2) is 13.8. The number of benzene rings is 1. The van der Waals surface area contributed by atoms with Crippen molar-refractivity contribution < 1.29 is 9.53 Å². The Morgan fingerprint density at radius 1 is 1.21 bits per heavy atom. The zero-order valence-corrected chi connectivity index (χ0v) is 19.6. The first-order valence-corrected chi connectivity index (χ1v) is 9.48. The quantitative estimate of drug-likeness (QED) is 0.307. The Morgan fingerprint density at radius 2 is 1.97 bits per heavy atom. The molecule has 8 heteroatoms. The summed E-state index contributed by atoms with van der Waals surface area (Å²) in [5.41, 5.74) is 1.05. The SMILES string of the molecule is CCNC(=NCCC(=O)Nc1ccc(C)cn1)N(C)CCOc1ccccc1.I. The molecule has 0 unspecified atom stereocenters. The number of nitrogens with zero attached hydrogens (tertiary/aromatic N) is 3. The summed E-state index contributed by atoms with van der Waals surface area (Å²) in [5.74, 6) is 2.05. The van der Waals surface area contributed by atoms with Gasteiger partial charge in [0, 0.05) is 26.2 Å². The highest BCUT2D eigenvalue weighted by Crippen LogP contribution is 2.08. The van der Waals surface area contributed by atoms with Crippen LogP contribution in [0.3, 0.4) is 0 Å². The van der Waals surface area contributed by atoms with Crippen LogP contribution in [0.5, 0.6) is 5.75 Å². The Labute approximate surface area is 190 Å². The number of ether oxygens (including phenoxy) is 1. The fraction of sp³-hybridized carbons (Fsp3) is 0.381. The van der Waals surface area contributed by atoms with Crippen LogP contribution in [0, 0.1) is 6.92 Å². The molecule has 0 bridgehead atoms. The van der Waals surface area contributed by atoms with E-state index < -0.39 is 0 Å². The third kappa shape index (κ3) is 9.60. The first-order chi connectivity index (χ1) is 13.6. The first-order valence-electron chi connectivity index (χ1n) is 9.48. The van der Waals surface area contributed by atoms with Crippen molar-refractivity contribution in [2.45, 2.75) is 20.3 Å². The standard InChI is InChI=1S/C21H29N5O2.HI/c1-4-22-21(26(3)14-15-28-18-8-6-5-7-9-18)23-13-12-20(27)25-19-11-10-17(2)16-24-19;/h5-11,16H,4,12-15H2,1-3H3,(H,22,23)(H,24,25,27);1H. The topological polar surface area (TPSA) is 78.8 Å². The maximum absolute atomic E-state index is 12.1. The molecule has 2 rings (SSSR count). The van der Waals surface area contributed by atoms with Crippen LogP contribution in [0.2, 0.25) is 0 Å². The van der Waals surface area contributed by atoms with Crippen LogP contribution in [0.4, 0.5) is 5.82 Å². The molecule has 0 spiro atoms. The summed E-state index contributed by atoms with van der Waals surface area (Å²) in [6.07, 6.45) is 2.02. The second-order valence-corrected chi connectivity index (χ2v) is 6.34. The molecule has 29 heavy (non-hydrogen) atoms. The van der Waals surface area contributed by atoms with E-state index in [4.69, 9.17) is 4.74 Å². The Kier molecular flexibility index (Phi) is 11.7. The lowest BCUT2D eigenvalue weighted by atomic mass is 10.3. The number of aliphatic imine (C=N–C) groups is 1. The van der Waals surface area contributed by atoms with Gasteiger partial charge < -0.3 is 20.3 Å². The third-order valence-corrected chi connectivity index (χ3v) is 3.91. The predicted octanol–water partition coefficient (Wildman–Crippen LogP) is 3.31. The normalized spacial score (nSPS) is 10.7. The number of halogens is 1. The summed E-state index contributed by atoms with van der Waals surface area (Å²) in [7, 11) is 1.95. The number of guanidine groups is 1.